The second-order valence-corrected chi connectivity index (χ2v) is 4.38. The standard InChI is InChI=1S/C14H21NO2/c1-4-15(5-2)13-8-6-12(7-9-13)14-16-10-11(3)17-14/h6-9,11,14H,4-5,10H2,1-3H3/t11-,14-/m1/s1. The van der Waals surface area contributed by atoms with E-state index in [2.05, 4.69) is 43.0 Å². The van der Waals surface area contributed by atoms with Crippen molar-refractivity contribution in [2.75, 3.05) is 24.6 Å². The first-order chi connectivity index (χ1) is 8.24. The average Bonchev–Trinajstić information content (AvgIpc) is 2.78. The minimum atomic E-state index is -0.184. The van der Waals surface area contributed by atoms with Crippen LogP contribution in [0.1, 0.15) is 32.6 Å². The van der Waals surface area contributed by atoms with Crippen molar-refractivity contribution in [3.05, 3.63) is 29.8 Å². The molecule has 0 amide bonds. The zero-order valence-electron chi connectivity index (χ0n) is 10.8. The van der Waals surface area contributed by atoms with Crippen LogP contribution < -0.4 is 4.90 Å². The third-order valence-corrected chi connectivity index (χ3v) is 3.13. The largest absolute Gasteiger partial charge is 0.372 e. The van der Waals surface area contributed by atoms with E-state index in [0.717, 1.165) is 18.7 Å². The van der Waals surface area contributed by atoms with Gasteiger partial charge in [0.1, 0.15) is 0 Å². The van der Waals surface area contributed by atoms with E-state index in [9.17, 15) is 0 Å². The highest BCUT2D eigenvalue weighted by atomic mass is 16.7. The predicted molar refractivity (Wildman–Crippen MR) is 69.2 cm³/mol. The first kappa shape index (κ1) is 12.4. The molecule has 1 fully saturated rings. The molecule has 0 N–H and O–H groups in total. The van der Waals surface area contributed by atoms with Crippen molar-refractivity contribution in [1.29, 1.82) is 0 Å². The maximum absolute atomic E-state index is 5.66. The summed E-state index contributed by atoms with van der Waals surface area (Å²) >= 11 is 0. The van der Waals surface area contributed by atoms with Crippen molar-refractivity contribution in [3.8, 4) is 0 Å². The van der Waals surface area contributed by atoms with Gasteiger partial charge in [-0.25, -0.2) is 0 Å². The van der Waals surface area contributed by atoms with Gasteiger partial charge in [-0.2, -0.15) is 0 Å². The lowest BCUT2D eigenvalue weighted by Gasteiger charge is -2.21. The Bertz CT molecular complexity index is 346. The van der Waals surface area contributed by atoms with Crippen LogP contribution in [0.4, 0.5) is 5.69 Å². The summed E-state index contributed by atoms with van der Waals surface area (Å²) in [7, 11) is 0. The number of benzene rings is 1. The maximum atomic E-state index is 5.66. The smallest absolute Gasteiger partial charge is 0.184 e. The molecule has 1 aliphatic heterocycles. The maximum Gasteiger partial charge on any atom is 0.184 e. The molecule has 1 aromatic carbocycles. The number of ether oxygens (including phenoxy) is 2. The molecule has 0 spiro atoms. The first-order valence-electron chi connectivity index (χ1n) is 6.36. The van der Waals surface area contributed by atoms with Crippen LogP contribution in [-0.4, -0.2) is 25.8 Å². The molecule has 1 aliphatic rings. The summed E-state index contributed by atoms with van der Waals surface area (Å²) in [6, 6.07) is 8.46. The molecule has 1 saturated heterocycles. The zero-order valence-corrected chi connectivity index (χ0v) is 10.8. The molecule has 94 valence electrons. The topological polar surface area (TPSA) is 21.7 Å². The molecule has 0 aliphatic carbocycles. The highest BCUT2D eigenvalue weighted by Crippen LogP contribution is 2.28. The summed E-state index contributed by atoms with van der Waals surface area (Å²) in [5.41, 5.74) is 2.36. The SMILES string of the molecule is CCN(CC)c1ccc([C@@H]2OC[C@@H](C)O2)cc1. The number of hydrogen-bond acceptors (Lipinski definition) is 3. The van der Waals surface area contributed by atoms with Gasteiger partial charge >= 0.3 is 0 Å². The van der Waals surface area contributed by atoms with E-state index in [0.29, 0.717) is 6.61 Å². The van der Waals surface area contributed by atoms with Crippen molar-refractivity contribution in [2.24, 2.45) is 0 Å². The summed E-state index contributed by atoms with van der Waals surface area (Å²) in [5, 5.41) is 0. The first-order valence-corrected chi connectivity index (χ1v) is 6.36. The molecule has 0 radical (unpaired) electrons. The molecule has 2 atom stereocenters. The Morgan fingerprint density at radius 1 is 1.18 bits per heavy atom. The molecule has 3 heteroatoms. The molecule has 0 aromatic heterocycles. The van der Waals surface area contributed by atoms with E-state index in [-0.39, 0.29) is 12.4 Å². The van der Waals surface area contributed by atoms with Crippen LogP contribution in [0.15, 0.2) is 24.3 Å². The lowest BCUT2D eigenvalue weighted by molar-refractivity contribution is -0.0572. The molecule has 1 aromatic rings. The van der Waals surface area contributed by atoms with E-state index in [1.165, 1.54) is 5.69 Å². The minimum absolute atomic E-state index is 0.184. The summed E-state index contributed by atoms with van der Waals surface area (Å²) in [5.74, 6) is 0. The minimum Gasteiger partial charge on any atom is -0.372 e. The molecule has 0 saturated carbocycles. The van der Waals surface area contributed by atoms with E-state index in [1.807, 2.05) is 6.92 Å². The average molecular weight is 235 g/mol. The molecule has 1 heterocycles. The van der Waals surface area contributed by atoms with Gasteiger partial charge in [0.2, 0.25) is 0 Å². The van der Waals surface area contributed by atoms with Gasteiger partial charge in [-0.3, -0.25) is 0 Å². The molecule has 3 nitrogen and oxygen atoms in total. The highest BCUT2D eigenvalue weighted by molar-refractivity contribution is 5.47. The van der Waals surface area contributed by atoms with E-state index < -0.39 is 0 Å². The van der Waals surface area contributed by atoms with Crippen LogP contribution in [0.2, 0.25) is 0 Å². The van der Waals surface area contributed by atoms with Crippen molar-refractivity contribution >= 4 is 5.69 Å². The normalized spacial score (nSPS) is 23.9. The third kappa shape index (κ3) is 2.79. The zero-order chi connectivity index (χ0) is 12.3. The van der Waals surface area contributed by atoms with E-state index >= 15 is 0 Å². The molecular weight excluding hydrogens is 214 g/mol. The predicted octanol–water partition coefficient (Wildman–Crippen LogP) is 2.97. The van der Waals surface area contributed by atoms with Gasteiger partial charge in [-0.1, -0.05) is 12.1 Å². The van der Waals surface area contributed by atoms with Gasteiger partial charge in [0.15, 0.2) is 6.29 Å². The van der Waals surface area contributed by atoms with Gasteiger partial charge in [-0.05, 0) is 32.9 Å². The highest BCUT2D eigenvalue weighted by Gasteiger charge is 2.23. The van der Waals surface area contributed by atoms with Crippen molar-refractivity contribution in [3.63, 3.8) is 0 Å². The fraction of sp³-hybridized carbons (Fsp3) is 0.571. The number of rotatable bonds is 4. The lowest BCUT2D eigenvalue weighted by atomic mass is 10.2. The van der Waals surface area contributed by atoms with Crippen LogP contribution in [-0.2, 0) is 9.47 Å². The lowest BCUT2D eigenvalue weighted by Crippen LogP contribution is -2.21. The second kappa shape index (κ2) is 5.52. The van der Waals surface area contributed by atoms with Gasteiger partial charge in [0.05, 0.1) is 12.7 Å². The molecular formula is C14H21NO2. The van der Waals surface area contributed by atoms with Gasteiger partial charge in [-0.15, -0.1) is 0 Å². The molecule has 0 unspecified atom stereocenters. The quantitative estimate of drug-likeness (QED) is 0.801. The number of anilines is 1. The van der Waals surface area contributed by atoms with Gasteiger partial charge in [0.25, 0.3) is 0 Å². The van der Waals surface area contributed by atoms with Gasteiger partial charge in [0, 0.05) is 24.3 Å². The van der Waals surface area contributed by atoms with Crippen LogP contribution in [0.3, 0.4) is 0 Å². The molecule has 17 heavy (non-hydrogen) atoms. The summed E-state index contributed by atoms with van der Waals surface area (Å²) in [4.78, 5) is 2.32. The third-order valence-electron chi connectivity index (χ3n) is 3.13. The second-order valence-electron chi connectivity index (χ2n) is 4.38. The van der Waals surface area contributed by atoms with Crippen LogP contribution in [0.5, 0.6) is 0 Å². The Morgan fingerprint density at radius 2 is 1.82 bits per heavy atom. The summed E-state index contributed by atoms with van der Waals surface area (Å²) in [6.07, 6.45) is 0.0122. The molecule has 0 bridgehead atoms. The Hall–Kier alpha value is -1.06. The van der Waals surface area contributed by atoms with E-state index in [1.54, 1.807) is 0 Å². The Balaban J connectivity index is 2.07. The fourth-order valence-corrected chi connectivity index (χ4v) is 2.12. The van der Waals surface area contributed by atoms with Crippen molar-refractivity contribution in [2.45, 2.75) is 33.2 Å². The number of hydrogen-bond donors (Lipinski definition) is 0. The summed E-state index contributed by atoms with van der Waals surface area (Å²) in [6.45, 7) is 9.11. The Morgan fingerprint density at radius 3 is 2.29 bits per heavy atom. The van der Waals surface area contributed by atoms with Gasteiger partial charge < -0.3 is 14.4 Å². The Kier molecular flexibility index (Phi) is 4.02. The van der Waals surface area contributed by atoms with Crippen LogP contribution in [0.25, 0.3) is 0 Å². The summed E-state index contributed by atoms with van der Waals surface area (Å²) < 4.78 is 11.2. The molecule has 2 rings (SSSR count). The number of nitrogens with zero attached hydrogens (tertiary/aromatic N) is 1. The van der Waals surface area contributed by atoms with Crippen molar-refractivity contribution < 1.29 is 9.47 Å². The van der Waals surface area contributed by atoms with E-state index in [4.69, 9.17) is 9.47 Å². The van der Waals surface area contributed by atoms with Crippen LogP contribution >= 0.6 is 0 Å². The fourth-order valence-electron chi connectivity index (χ4n) is 2.12. The van der Waals surface area contributed by atoms with Crippen molar-refractivity contribution in [1.82, 2.24) is 0 Å². The monoisotopic (exact) mass is 235 g/mol. The van der Waals surface area contributed by atoms with Crippen LogP contribution in [0, 0.1) is 0 Å². The Labute approximate surface area is 103 Å².